The molecule has 5 heteroatoms. The van der Waals surface area contributed by atoms with Gasteiger partial charge in [0.05, 0.1) is 6.04 Å². The standard InChI is InChI=1S/C12H21N3OS/c1-17-8-7-10(13)12-14-11(15-16-12)9-5-3-2-4-6-9/h9-10H,2-8,13H2,1H3/t10-/m0/s1. The van der Waals surface area contributed by atoms with Gasteiger partial charge in [-0.05, 0) is 31.3 Å². The van der Waals surface area contributed by atoms with E-state index in [2.05, 4.69) is 16.4 Å². The van der Waals surface area contributed by atoms with Crippen LogP contribution in [0.2, 0.25) is 0 Å². The lowest BCUT2D eigenvalue weighted by molar-refractivity contribution is 0.340. The van der Waals surface area contributed by atoms with Crippen molar-refractivity contribution in [2.75, 3.05) is 12.0 Å². The first-order valence-corrected chi connectivity index (χ1v) is 7.78. The minimum absolute atomic E-state index is 0.104. The molecule has 17 heavy (non-hydrogen) atoms. The predicted molar refractivity (Wildman–Crippen MR) is 70.1 cm³/mol. The largest absolute Gasteiger partial charge is 0.338 e. The summed E-state index contributed by atoms with van der Waals surface area (Å²) in [5, 5.41) is 4.10. The Bertz CT molecular complexity index is 336. The van der Waals surface area contributed by atoms with Gasteiger partial charge in [-0.25, -0.2) is 0 Å². The summed E-state index contributed by atoms with van der Waals surface area (Å²) in [5.74, 6) is 3.01. The monoisotopic (exact) mass is 255 g/mol. The zero-order valence-electron chi connectivity index (χ0n) is 10.4. The average molecular weight is 255 g/mol. The van der Waals surface area contributed by atoms with Crippen LogP contribution in [0.1, 0.15) is 62.2 Å². The van der Waals surface area contributed by atoms with Crippen LogP contribution in [0.25, 0.3) is 0 Å². The molecule has 0 unspecified atom stereocenters. The molecule has 1 aromatic rings. The molecule has 0 spiro atoms. The highest BCUT2D eigenvalue weighted by Gasteiger charge is 2.22. The van der Waals surface area contributed by atoms with E-state index in [1.165, 1.54) is 32.1 Å². The van der Waals surface area contributed by atoms with Crippen molar-refractivity contribution in [3.63, 3.8) is 0 Å². The molecule has 1 aliphatic rings. The van der Waals surface area contributed by atoms with Gasteiger partial charge in [0, 0.05) is 5.92 Å². The minimum Gasteiger partial charge on any atom is -0.338 e. The number of hydrogen-bond donors (Lipinski definition) is 1. The predicted octanol–water partition coefficient (Wildman–Crippen LogP) is 2.87. The van der Waals surface area contributed by atoms with E-state index in [0.29, 0.717) is 11.8 Å². The summed E-state index contributed by atoms with van der Waals surface area (Å²) in [5.41, 5.74) is 6.01. The number of thioether (sulfide) groups is 1. The van der Waals surface area contributed by atoms with Crippen LogP contribution in [-0.4, -0.2) is 22.1 Å². The molecule has 1 atom stereocenters. The number of hydrogen-bond acceptors (Lipinski definition) is 5. The Hall–Kier alpha value is -0.550. The van der Waals surface area contributed by atoms with E-state index in [1.54, 1.807) is 11.8 Å². The fraction of sp³-hybridized carbons (Fsp3) is 0.833. The lowest BCUT2D eigenvalue weighted by atomic mass is 9.89. The van der Waals surface area contributed by atoms with Crippen LogP contribution in [0.5, 0.6) is 0 Å². The second-order valence-corrected chi connectivity index (χ2v) is 5.70. The highest BCUT2D eigenvalue weighted by molar-refractivity contribution is 7.98. The third-order valence-electron chi connectivity index (χ3n) is 3.38. The summed E-state index contributed by atoms with van der Waals surface area (Å²) < 4.78 is 5.28. The summed E-state index contributed by atoms with van der Waals surface area (Å²) in [6.45, 7) is 0. The first-order valence-electron chi connectivity index (χ1n) is 6.39. The van der Waals surface area contributed by atoms with Gasteiger partial charge in [-0.1, -0.05) is 24.4 Å². The van der Waals surface area contributed by atoms with Gasteiger partial charge in [-0.2, -0.15) is 16.7 Å². The molecule has 1 fully saturated rings. The van der Waals surface area contributed by atoms with Gasteiger partial charge in [-0.15, -0.1) is 0 Å². The van der Waals surface area contributed by atoms with Crippen LogP contribution < -0.4 is 5.73 Å². The van der Waals surface area contributed by atoms with E-state index < -0.39 is 0 Å². The normalized spacial score (nSPS) is 19.4. The molecule has 0 bridgehead atoms. The number of aromatic nitrogens is 2. The highest BCUT2D eigenvalue weighted by Crippen LogP contribution is 2.31. The summed E-state index contributed by atoms with van der Waals surface area (Å²) in [4.78, 5) is 4.47. The van der Waals surface area contributed by atoms with Crippen LogP contribution >= 0.6 is 11.8 Å². The van der Waals surface area contributed by atoms with Gasteiger partial charge in [-0.3, -0.25) is 0 Å². The van der Waals surface area contributed by atoms with E-state index in [1.807, 2.05) is 0 Å². The Labute approximate surface area is 107 Å². The smallest absolute Gasteiger partial charge is 0.243 e. The van der Waals surface area contributed by atoms with Gasteiger partial charge < -0.3 is 10.3 Å². The first kappa shape index (κ1) is 12.9. The second-order valence-electron chi connectivity index (χ2n) is 4.71. The van der Waals surface area contributed by atoms with Crippen molar-refractivity contribution in [1.29, 1.82) is 0 Å². The Morgan fingerprint density at radius 1 is 1.41 bits per heavy atom. The lowest BCUT2D eigenvalue weighted by Gasteiger charge is -2.17. The van der Waals surface area contributed by atoms with Crippen LogP contribution in [-0.2, 0) is 0 Å². The van der Waals surface area contributed by atoms with Crippen LogP contribution in [0.15, 0.2) is 4.52 Å². The minimum atomic E-state index is -0.104. The van der Waals surface area contributed by atoms with Gasteiger partial charge in [0.2, 0.25) is 5.89 Å². The fourth-order valence-electron chi connectivity index (χ4n) is 2.29. The van der Waals surface area contributed by atoms with E-state index in [-0.39, 0.29) is 6.04 Å². The molecular weight excluding hydrogens is 234 g/mol. The topological polar surface area (TPSA) is 64.9 Å². The molecule has 2 N–H and O–H groups in total. The first-order chi connectivity index (χ1) is 8.31. The maximum absolute atomic E-state index is 6.01. The zero-order chi connectivity index (χ0) is 12.1. The summed E-state index contributed by atoms with van der Waals surface area (Å²) >= 11 is 1.79. The van der Waals surface area contributed by atoms with Gasteiger partial charge >= 0.3 is 0 Å². The van der Waals surface area contributed by atoms with Crippen molar-refractivity contribution in [1.82, 2.24) is 10.1 Å². The molecule has 96 valence electrons. The molecule has 0 radical (unpaired) electrons. The molecular formula is C12H21N3OS. The quantitative estimate of drug-likeness (QED) is 0.876. The van der Waals surface area contributed by atoms with Crippen LogP contribution in [0, 0.1) is 0 Å². The van der Waals surface area contributed by atoms with Crippen molar-refractivity contribution >= 4 is 11.8 Å². The van der Waals surface area contributed by atoms with E-state index in [4.69, 9.17) is 10.3 Å². The lowest BCUT2D eigenvalue weighted by Crippen LogP contribution is -2.12. The SMILES string of the molecule is CSCC[C@H](N)c1nc(C2CCCCC2)no1. The number of nitrogens with two attached hydrogens (primary N) is 1. The average Bonchev–Trinajstić information content (AvgIpc) is 2.86. The fourth-order valence-corrected chi connectivity index (χ4v) is 2.78. The maximum atomic E-state index is 6.01. The summed E-state index contributed by atoms with van der Waals surface area (Å²) in [6.07, 6.45) is 9.27. The molecule has 1 aliphatic carbocycles. The van der Waals surface area contributed by atoms with Gasteiger partial charge in [0.15, 0.2) is 5.82 Å². The summed E-state index contributed by atoms with van der Waals surface area (Å²) in [6, 6.07) is -0.104. The third-order valence-corrected chi connectivity index (χ3v) is 4.02. The molecule has 0 aliphatic heterocycles. The van der Waals surface area contributed by atoms with E-state index in [9.17, 15) is 0 Å². The van der Waals surface area contributed by atoms with Crippen molar-refractivity contribution in [3.8, 4) is 0 Å². The Kier molecular flexibility index (Phi) is 4.86. The van der Waals surface area contributed by atoms with Gasteiger partial charge in [0.1, 0.15) is 0 Å². The molecule has 1 heterocycles. The molecule has 0 amide bonds. The Morgan fingerprint density at radius 3 is 2.88 bits per heavy atom. The Balaban J connectivity index is 1.94. The highest BCUT2D eigenvalue weighted by atomic mass is 32.2. The third kappa shape index (κ3) is 3.45. The van der Waals surface area contributed by atoms with E-state index in [0.717, 1.165) is 18.0 Å². The molecule has 2 rings (SSSR count). The molecule has 1 aromatic heterocycles. The van der Waals surface area contributed by atoms with E-state index >= 15 is 0 Å². The Morgan fingerprint density at radius 2 is 2.18 bits per heavy atom. The van der Waals surface area contributed by atoms with Crippen molar-refractivity contribution in [2.45, 2.75) is 50.5 Å². The molecule has 0 saturated heterocycles. The number of nitrogens with zero attached hydrogens (tertiary/aromatic N) is 2. The maximum Gasteiger partial charge on any atom is 0.243 e. The van der Waals surface area contributed by atoms with Crippen molar-refractivity contribution in [3.05, 3.63) is 11.7 Å². The van der Waals surface area contributed by atoms with Crippen LogP contribution in [0.3, 0.4) is 0 Å². The van der Waals surface area contributed by atoms with Crippen molar-refractivity contribution in [2.24, 2.45) is 5.73 Å². The second kappa shape index (κ2) is 6.40. The van der Waals surface area contributed by atoms with Crippen molar-refractivity contribution < 1.29 is 4.52 Å². The molecule has 4 nitrogen and oxygen atoms in total. The summed E-state index contributed by atoms with van der Waals surface area (Å²) in [7, 11) is 0. The number of rotatable bonds is 5. The molecule has 1 saturated carbocycles. The van der Waals surface area contributed by atoms with Gasteiger partial charge in [0.25, 0.3) is 0 Å². The van der Waals surface area contributed by atoms with Crippen LogP contribution in [0.4, 0.5) is 0 Å². The zero-order valence-corrected chi connectivity index (χ0v) is 11.2. The molecule has 0 aromatic carbocycles.